The number of sulfonamides is 1. The third kappa shape index (κ3) is 3.58. The molecule has 0 atom stereocenters. The van der Waals surface area contributed by atoms with Crippen LogP contribution in [0.3, 0.4) is 0 Å². The summed E-state index contributed by atoms with van der Waals surface area (Å²) in [5, 5.41) is 0. The van der Waals surface area contributed by atoms with Crippen molar-refractivity contribution in [1.82, 2.24) is 9.21 Å². The minimum absolute atomic E-state index is 0.0655. The van der Waals surface area contributed by atoms with E-state index < -0.39 is 21.7 Å². The summed E-state index contributed by atoms with van der Waals surface area (Å²) in [6, 6.07) is 4.53. The molecular weight excluding hydrogens is 406 g/mol. The number of hydrogen-bond donors (Lipinski definition) is 0. The zero-order chi connectivity index (χ0) is 19.9. The lowest BCUT2D eigenvalue weighted by Crippen LogP contribution is -2.50. The summed E-state index contributed by atoms with van der Waals surface area (Å²) in [5.41, 5.74) is 1.26. The van der Waals surface area contributed by atoms with Crippen LogP contribution in [-0.4, -0.2) is 49.7 Å². The van der Waals surface area contributed by atoms with Gasteiger partial charge in [0.05, 0.1) is 9.77 Å². The molecule has 28 heavy (non-hydrogen) atoms. The maximum absolute atomic E-state index is 13.4. The van der Waals surface area contributed by atoms with E-state index in [9.17, 15) is 22.0 Å². The highest BCUT2D eigenvalue weighted by Gasteiger charge is 2.31. The molecule has 0 spiro atoms. The first-order chi connectivity index (χ1) is 13.4. The zero-order valence-electron chi connectivity index (χ0n) is 15.2. The van der Waals surface area contributed by atoms with Crippen LogP contribution in [0.5, 0.6) is 0 Å². The van der Waals surface area contributed by atoms with Crippen LogP contribution < -0.4 is 0 Å². The van der Waals surface area contributed by atoms with Crippen molar-refractivity contribution in [3.8, 4) is 0 Å². The van der Waals surface area contributed by atoms with Crippen LogP contribution in [-0.2, 0) is 22.9 Å². The minimum atomic E-state index is -3.93. The standard InChI is InChI=1S/C19H20F2N2O3S2/c20-15-6-5-14(12-16(15)21)28(25,26)23-9-7-22(8-10-23)19(24)18-11-13-3-1-2-4-17(13)27-18/h5-6,11-12H,1-4,7-10H2. The number of carbonyl (C=O) groups is 1. The molecule has 1 saturated heterocycles. The summed E-state index contributed by atoms with van der Waals surface area (Å²) < 4.78 is 53.1. The van der Waals surface area contributed by atoms with Gasteiger partial charge in [-0.25, -0.2) is 17.2 Å². The molecule has 0 unspecified atom stereocenters. The van der Waals surface area contributed by atoms with Crippen LogP contribution in [0, 0.1) is 11.6 Å². The van der Waals surface area contributed by atoms with Gasteiger partial charge in [0, 0.05) is 31.1 Å². The molecule has 150 valence electrons. The first-order valence-corrected chi connectivity index (χ1v) is 11.5. The highest BCUT2D eigenvalue weighted by atomic mass is 32.2. The molecule has 0 radical (unpaired) electrons. The molecule has 5 nitrogen and oxygen atoms in total. The van der Waals surface area contributed by atoms with Gasteiger partial charge in [-0.3, -0.25) is 4.79 Å². The third-order valence-corrected chi connectivity index (χ3v) is 8.38. The van der Waals surface area contributed by atoms with Gasteiger partial charge in [-0.05, 0) is 55.5 Å². The molecule has 0 bridgehead atoms. The predicted molar refractivity (Wildman–Crippen MR) is 102 cm³/mol. The lowest BCUT2D eigenvalue weighted by Gasteiger charge is -2.33. The van der Waals surface area contributed by atoms with E-state index in [2.05, 4.69) is 0 Å². The minimum Gasteiger partial charge on any atom is -0.335 e. The molecule has 0 saturated carbocycles. The Morgan fingerprint density at radius 3 is 2.36 bits per heavy atom. The Bertz CT molecular complexity index is 989. The van der Waals surface area contributed by atoms with E-state index in [1.807, 2.05) is 6.07 Å². The van der Waals surface area contributed by atoms with Crippen molar-refractivity contribution in [2.24, 2.45) is 0 Å². The van der Waals surface area contributed by atoms with Crippen molar-refractivity contribution in [2.45, 2.75) is 30.6 Å². The summed E-state index contributed by atoms with van der Waals surface area (Å²) in [5.74, 6) is -2.35. The number of halogens is 2. The van der Waals surface area contributed by atoms with Gasteiger partial charge < -0.3 is 4.90 Å². The molecule has 4 rings (SSSR count). The van der Waals surface area contributed by atoms with Crippen molar-refractivity contribution < 1.29 is 22.0 Å². The maximum Gasteiger partial charge on any atom is 0.264 e. The Hall–Kier alpha value is -1.84. The summed E-state index contributed by atoms with van der Waals surface area (Å²) in [6.07, 6.45) is 4.34. The van der Waals surface area contributed by atoms with Crippen LogP contribution >= 0.6 is 11.3 Å². The van der Waals surface area contributed by atoms with E-state index >= 15 is 0 Å². The van der Waals surface area contributed by atoms with E-state index in [0.29, 0.717) is 10.9 Å². The Labute approximate surface area is 166 Å². The quantitative estimate of drug-likeness (QED) is 0.758. The van der Waals surface area contributed by atoms with Crippen LogP contribution in [0.2, 0.25) is 0 Å². The van der Waals surface area contributed by atoms with Gasteiger partial charge in [0.15, 0.2) is 11.6 Å². The summed E-state index contributed by atoms with van der Waals surface area (Å²) >= 11 is 1.54. The molecule has 1 amide bonds. The van der Waals surface area contributed by atoms with Gasteiger partial charge in [0.1, 0.15) is 0 Å². The number of amides is 1. The van der Waals surface area contributed by atoms with Gasteiger partial charge in [-0.1, -0.05) is 0 Å². The van der Waals surface area contributed by atoms with Gasteiger partial charge in [-0.2, -0.15) is 4.31 Å². The number of thiophene rings is 1. The molecular formula is C19H20F2N2O3S2. The second kappa shape index (κ2) is 7.53. The Kier molecular flexibility index (Phi) is 5.24. The number of nitrogens with zero attached hydrogens (tertiary/aromatic N) is 2. The second-order valence-corrected chi connectivity index (χ2v) is 10.1. The molecule has 9 heteroatoms. The van der Waals surface area contributed by atoms with E-state index in [4.69, 9.17) is 0 Å². The number of aryl methyl sites for hydroxylation is 2. The molecule has 1 aliphatic heterocycles. The first kappa shape index (κ1) is 19.5. The van der Waals surface area contributed by atoms with E-state index in [1.165, 1.54) is 14.7 Å². The van der Waals surface area contributed by atoms with Crippen molar-refractivity contribution in [2.75, 3.05) is 26.2 Å². The van der Waals surface area contributed by atoms with Crippen LogP contribution in [0.25, 0.3) is 0 Å². The van der Waals surface area contributed by atoms with Crippen molar-refractivity contribution in [3.63, 3.8) is 0 Å². The lowest BCUT2D eigenvalue weighted by atomic mass is 9.99. The summed E-state index contributed by atoms with van der Waals surface area (Å²) in [6.45, 7) is 0.783. The highest BCUT2D eigenvalue weighted by Crippen LogP contribution is 2.30. The second-order valence-electron chi connectivity index (χ2n) is 7.04. The van der Waals surface area contributed by atoms with Crippen LogP contribution in [0.15, 0.2) is 29.2 Å². The molecule has 2 aromatic rings. The fraction of sp³-hybridized carbons (Fsp3) is 0.421. The van der Waals surface area contributed by atoms with Crippen molar-refractivity contribution >= 4 is 27.3 Å². The van der Waals surface area contributed by atoms with Crippen molar-refractivity contribution in [3.05, 3.63) is 51.2 Å². The first-order valence-electron chi connectivity index (χ1n) is 9.22. The molecule has 1 fully saturated rings. The molecule has 1 aliphatic carbocycles. The van der Waals surface area contributed by atoms with Gasteiger partial charge in [0.25, 0.3) is 5.91 Å². The molecule has 0 N–H and O–H groups in total. The Morgan fingerprint density at radius 2 is 1.68 bits per heavy atom. The molecule has 1 aromatic heterocycles. The summed E-state index contributed by atoms with van der Waals surface area (Å²) in [4.78, 5) is 16.2. The fourth-order valence-corrected chi connectivity index (χ4v) is 6.33. The van der Waals surface area contributed by atoms with Gasteiger partial charge in [-0.15, -0.1) is 11.3 Å². The number of piperazine rings is 1. The summed E-state index contributed by atoms with van der Waals surface area (Å²) in [7, 11) is -3.93. The average Bonchev–Trinajstić information content (AvgIpc) is 3.13. The predicted octanol–water partition coefficient (Wildman–Crippen LogP) is 3.05. The largest absolute Gasteiger partial charge is 0.335 e. The van der Waals surface area contributed by atoms with E-state index in [-0.39, 0.29) is 37.0 Å². The number of carbonyl (C=O) groups excluding carboxylic acids is 1. The Balaban J connectivity index is 1.44. The number of rotatable bonds is 3. The number of benzene rings is 1. The SMILES string of the molecule is O=C(c1cc2c(s1)CCCC2)N1CCN(S(=O)(=O)c2ccc(F)c(F)c2)CC1. The number of fused-ring (bicyclic) bond motifs is 1. The van der Waals surface area contributed by atoms with Crippen LogP contribution in [0.4, 0.5) is 8.78 Å². The Morgan fingerprint density at radius 1 is 0.964 bits per heavy atom. The van der Waals surface area contributed by atoms with E-state index in [1.54, 1.807) is 16.2 Å². The van der Waals surface area contributed by atoms with Crippen LogP contribution in [0.1, 0.15) is 33.0 Å². The number of hydrogen-bond acceptors (Lipinski definition) is 4. The fourth-order valence-electron chi connectivity index (χ4n) is 3.67. The highest BCUT2D eigenvalue weighted by molar-refractivity contribution is 7.89. The average molecular weight is 427 g/mol. The van der Waals surface area contributed by atoms with Gasteiger partial charge >= 0.3 is 0 Å². The molecule has 1 aromatic carbocycles. The molecule has 2 heterocycles. The zero-order valence-corrected chi connectivity index (χ0v) is 16.8. The smallest absolute Gasteiger partial charge is 0.264 e. The van der Waals surface area contributed by atoms with Gasteiger partial charge in [0.2, 0.25) is 10.0 Å². The van der Waals surface area contributed by atoms with E-state index in [0.717, 1.165) is 37.8 Å². The topological polar surface area (TPSA) is 57.7 Å². The third-order valence-electron chi connectivity index (χ3n) is 5.26. The normalized spacial score (nSPS) is 18.1. The monoisotopic (exact) mass is 426 g/mol. The maximum atomic E-state index is 13.4. The lowest BCUT2D eigenvalue weighted by molar-refractivity contribution is 0.0702. The molecule has 2 aliphatic rings. The van der Waals surface area contributed by atoms with Crippen molar-refractivity contribution in [1.29, 1.82) is 0 Å².